The van der Waals surface area contributed by atoms with Crippen molar-refractivity contribution in [1.82, 2.24) is 0 Å². The van der Waals surface area contributed by atoms with Gasteiger partial charge < -0.3 is 49.8 Å². The van der Waals surface area contributed by atoms with E-state index < -0.39 is 48.0 Å². The minimum absolute atomic E-state index is 0.508. The molecule has 2 aromatic carbocycles. The van der Waals surface area contributed by atoms with Gasteiger partial charge >= 0.3 is 17.2 Å². The summed E-state index contributed by atoms with van der Waals surface area (Å²) < 4.78 is 0. The van der Waals surface area contributed by atoms with Crippen LogP contribution in [0.25, 0.3) is 0 Å². The first-order valence-electron chi connectivity index (χ1n) is 8.00. The number of hydrogen-bond acceptors (Lipinski definition) is 10. The third kappa shape index (κ3) is 8.27. The van der Waals surface area contributed by atoms with Crippen LogP contribution < -0.4 is 0 Å². The molecular weight excluding hydrogens is 426 g/mol. The normalized spacial score (nSPS) is 11.4. The molecule has 0 spiro atoms. The van der Waals surface area contributed by atoms with Gasteiger partial charge in [-0.3, -0.25) is 0 Å². The van der Waals surface area contributed by atoms with Crippen molar-refractivity contribution in [2.45, 2.75) is 5.60 Å². The second-order valence-corrected chi connectivity index (χ2v) is 6.81. The smallest absolute Gasteiger partial charge is 0.324 e. The molecule has 0 unspecified atom stereocenters. The fourth-order valence-corrected chi connectivity index (χ4v) is 2.63. The van der Waals surface area contributed by atoms with Gasteiger partial charge in [0.1, 0.15) is 5.60 Å². The summed E-state index contributed by atoms with van der Waals surface area (Å²) in [4.78, 5) is 43.4. The van der Waals surface area contributed by atoms with Gasteiger partial charge in [0.05, 0.1) is 25.2 Å². The van der Waals surface area contributed by atoms with Gasteiger partial charge in [0.25, 0.3) is 0 Å². The van der Waals surface area contributed by atoms with E-state index in [1.165, 1.54) is 0 Å². The molecule has 2 aromatic rings. The SMILES string of the molecule is OCC(CO)(CO)C(O)(c1ccccc1)c1ccccc1.OP(O)O.OP(O)O. The maximum Gasteiger partial charge on any atom is 0.324 e. The molecule has 0 radical (unpaired) electrons. The van der Waals surface area contributed by atoms with Crippen LogP contribution in [-0.4, -0.2) is 69.6 Å². The van der Waals surface area contributed by atoms with Crippen LogP contribution >= 0.6 is 17.2 Å². The number of aliphatic hydroxyl groups excluding tert-OH is 3. The zero-order chi connectivity index (χ0) is 22.5. The summed E-state index contributed by atoms with van der Waals surface area (Å²) in [5.74, 6) is 0. The third-order valence-electron chi connectivity index (χ3n) is 4.06. The van der Waals surface area contributed by atoms with Crippen molar-refractivity contribution >= 4 is 17.2 Å². The molecule has 2 rings (SSSR count). The molecule has 0 aliphatic heterocycles. The van der Waals surface area contributed by atoms with Crippen molar-refractivity contribution in [1.29, 1.82) is 0 Å². The highest BCUT2D eigenvalue weighted by molar-refractivity contribution is 7.38. The lowest BCUT2D eigenvalue weighted by molar-refractivity contribution is -0.136. The molecule has 0 heterocycles. The minimum Gasteiger partial charge on any atom is -0.395 e. The highest BCUT2D eigenvalue weighted by atomic mass is 31.2. The Morgan fingerprint density at radius 3 is 1.00 bits per heavy atom. The van der Waals surface area contributed by atoms with Gasteiger partial charge in [-0.2, -0.15) is 0 Å². The predicted octanol–water partition coefficient (Wildman–Crippen LogP) is -0.734. The van der Waals surface area contributed by atoms with Crippen molar-refractivity contribution in [3.8, 4) is 0 Å². The Hall–Kier alpha value is -1.10. The summed E-state index contributed by atoms with van der Waals surface area (Å²) in [6, 6.07) is 17.5. The lowest BCUT2D eigenvalue weighted by atomic mass is 9.66. The zero-order valence-corrected chi connectivity index (χ0v) is 17.1. The Morgan fingerprint density at radius 1 is 0.552 bits per heavy atom. The van der Waals surface area contributed by atoms with E-state index in [4.69, 9.17) is 29.4 Å². The highest BCUT2D eigenvalue weighted by Crippen LogP contribution is 2.44. The van der Waals surface area contributed by atoms with Crippen LogP contribution in [0, 0.1) is 5.41 Å². The first kappa shape index (κ1) is 27.9. The fraction of sp³-hybridized carbons (Fsp3) is 0.294. The molecule has 0 aliphatic carbocycles. The summed E-state index contributed by atoms with van der Waals surface area (Å²) in [5.41, 5.74) is -2.18. The van der Waals surface area contributed by atoms with E-state index in [1.54, 1.807) is 48.5 Å². The molecule has 29 heavy (non-hydrogen) atoms. The molecule has 10 N–H and O–H groups in total. The molecule has 0 aromatic heterocycles. The summed E-state index contributed by atoms with van der Waals surface area (Å²) in [6.07, 6.45) is 0. The Kier molecular flexibility index (Phi) is 13.5. The molecule has 0 bridgehead atoms. The molecule has 0 saturated heterocycles. The summed E-state index contributed by atoms with van der Waals surface area (Å²) in [5, 5.41) is 40.6. The monoisotopic (exact) mass is 452 g/mol. The quantitative estimate of drug-likeness (QED) is 0.249. The van der Waals surface area contributed by atoms with Gasteiger partial charge in [-0.05, 0) is 11.1 Å². The summed E-state index contributed by atoms with van der Waals surface area (Å²) in [7, 11) is -5.24. The first-order chi connectivity index (χ1) is 13.6. The van der Waals surface area contributed by atoms with Crippen molar-refractivity contribution in [3.05, 3.63) is 71.8 Å². The minimum atomic E-state index is -2.62. The maximum atomic E-state index is 11.4. The zero-order valence-electron chi connectivity index (χ0n) is 15.3. The van der Waals surface area contributed by atoms with Crippen LogP contribution in [-0.2, 0) is 5.60 Å². The molecule has 0 atom stereocenters. The molecular formula is C17H26O10P2. The van der Waals surface area contributed by atoms with Gasteiger partial charge in [0.2, 0.25) is 0 Å². The van der Waals surface area contributed by atoms with Crippen LogP contribution in [0.1, 0.15) is 11.1 Å². The standard InChI is InChI=1S/C17H20O4.2H3O3P/c18-11-16(12-19,13-20)17(21,14-7-3-1-4-8-14)15-9-5-2-6-10-15;2*1-4(2)3/h1-10,18-21H,11-13H2;2*1-3H. The predicted molar refractivity (Wildman–Crippen MR) is 107 cm³/mol. The van der Waals surface area contributed by atoms with Crippen molar-refractivity contribution in [3.63, 3.8) is 0 Å². The van der Waals surface area contributed by atoms with E-state index in [1.807, 2.05) is 12.1 Å². The number of rotatable bonds is 6. The van der Waals surface area contributed by atoms with E-state index >= 15 is 0 Å². The van der Waals surface area contributed by atoms with Crippen molar-refractivity contribution in [2.75, 3.05) is 19.8 Å². The second kappa shape index (κ2) is 14.0. The van der Waals surface area contributed by atoms with Gasteiger partial charge in [-0.25, -0.2) is 0 Å². The van der Waals surface area contributed by atoms with E-state index in [0.29, 0.717) is 11.1 Å². The van der Waals surface area contributed by atoms with Gasteiger partial charge in [0.15, 0.2) is 0 Å². The largest absolute Gasteiger partial charge is 0.395 e. The van der Waals surface area contributed by atoms with Crippen LogP contribution in [0.3, 0.4) is 0 Å². The molecule has 0 aliphatic rings. The Labute approximate surface area is 170 Å². The van der Waals surface area contributed by atoms with E-state index in [-0.39, 0.29) is 0 Å². The highest BCUT2D eigenvalue weighted by Gasteiger charge is 2.52. The molecule has 12 heteroatoms. The van der Waals surface area contributed by atoms with E-state index in [9.17, 15) is 20.4 Å². The lowest BCUT2D eigenvalue weighted by Crippen LogP contribution is -2.54. The molecule has 0 saturated carbocycles. The molecule has 0 amide bonds. The van der Waals surface area contributed by atoms with Crippen LogP contribution in [0.15, 0.2) is 60.7 Å². The Bertz CT molecular complexity index is 595. The molecule has 164 valence electrons. The Morgan fingerprint density at radius 2 is 0.793 bits per heavy atom. The second-order valence-electron chi connectivity index (χ2n) is 5.73. The van der Waals surface area contributed by atoms with Crippen LogP contribution in [0.2, 0.25) is 0 Å². The molecule has 10 nitrogen and oxygen atoms in total. The summed E-state index contributed by atoms with van der Waals surface area (Å²) >= 11 is 0. The number of aliphatic hydroxyl groups is 4. The van der Waals surface area contributed by atoms with Crippen molar-refractivity contribution in [2.24, 2.45) is 5.41 Å². The maximum absolute atomic E-state index is 11.4. The molecule has 0 fully saturated rings. The van der Waals surface area contributed by atoms with Crippen molar-refractivity contribution < 1.29 is 49.8 Å². The topological polar surface area (TPSA) is 202 Å². The van der Waals surface area contributed by atoms with Gasteiger partial charge in [0, 0.05) is 0 Å². The van der Waals surface area contributed by atoms with Gasteiger partial charge in [-0.15, -0.1) is 0 Å². The van der Waals surface area contributed by atoms with Gasteiger partial charge in [-0.1, -0.05) is 60.7 Å². The van der Waals surface area contributed by atoms with Crippen LogP contribution in [0.4, 0.5) is 0 Å². The summed E-state index contributed by atoms with van der Waals surface area (Å²) in [6.45, 7) is -1.67. The number of benzene rings is 2. The lowest BCUT2D eigenvalue weighted by Gasteiger charge is -2.45. The third-order valence-corrected chi connectivity index (χ3v) is 4.06. The number of hydrogen-bond donors (Lipinski definition) is 10. The average Bonchev–Trinajstić information content (AvgIpc) is 2.70. The Balaban J connectivity index is 0.000000837. The van der Waals surface area contributed by atoms with E-state index in [2.05, 4.69) is 0 Å². The first-order valence-corrected chi connectivity index (χ1v) is 10.4. The average molecular weight is 452 g/mol. The fourth-order valence-electron chi connectivity index (χ4n) is 2.63. The van der Waals surface area contributed by atoms with Crippen LogP contribution in [0.5, 0.6) is 0 Å². The van der Waals surface area contributed by atoms with E-state index in [0.717, 1.165) is 0 Å².